The maximum atomic E-state index is 13.7. The normalized spacial score (nSPS) is 16.3. The van der Waals surface area contributed by atoms with Gasteiger partial charge in [0.2, 0.25) is 0 Å². The molecule has 1 amide bonds. The zero-order valence-corrected chi connectivity index (χ0v) is 30.9. The van der Waals surface area contributed by atoms with Crippen LogP contribution in [0, 0.1) is 16.2 Å². The molecule has 7 N–H and O–H groups in total. The van der Waals surface area contributed by atoms with Gasteiger partial charge in [0.15, 0.2) is 0 Å². The molecule has 5 unspecified atom stereocenters. The van der Waals surface area contributed by atoms with Crippen molar-refractivity contribution < 1.29 is 63.3 Å². The minimum atomic E-state index is -1.46. The number of ether oxygens (including phenoxy) is 5. The number of carbonyl (C=O) groups excluding carboxylic acids is 4. The zero-order chi connectivity index (χ0) is 37.9. The summed E-state index contributed by atoms with van der Waals surface area (Å²) in [6, 6.07) is 0. The van der Waals surface area contributed by atoms with Crippen LogP contribution in [0.5, 0.6) is 0 Å². The number of aliphatic hydroxyl groups excluding tert-OH is 4. The second-order valence-electron chi connectivity index (χ2n) is 14.5. The molecule has 0 aromatic rings. The number of nitrogens with one attached hydrogen (secondary N) is 3. The highest BCUT2D eigenvalue weighted by Crippen LogP contribution is 2.46. The van der Waals surface area contributed by atoms with Gasteiger partial charge in [0, 0.05) is 26.2 Å². The summed E-state index contributed by atoms with van der Waals surface area (Å²) in [6.07, 6.45) is -3.80. The zero-order valence-electron chi connectivity index (χ0n) is 30.9. The molecule has 0 radical (unpaired) electrons. The average Bonchev–Trinajstić information content (AvgIpc) is 3.00. The molecule has 0 aromatic carbocycles. The molecule has 0 spiro atoms. The Balaban J connectivity index is 5.38. The van der Waals surface area contributed by atoms with E-state index in [9.17, 15) is 34.5 Å². The summed E-state index contributed by atoms with van der Waals surface area (Å²) >= 11 is 0. The molecule has 49 heavy (non-hydrogen) atoms. The summed E-state index contributed by atoms with van der Waals surface area (Å²) in [5.41, 5.74) is -4.57. The third kappa shape index (κ3) is 19.4. The first-order valence-electron chi connectivity index (χ1n) is 16.7. The Bertz CT molecular complexity index is 1010. The molecule has 0 bridgehead atoms. The number of likely N-dealkylation sites (N-methyl/N-ethyl adjacent to an activating group) is 1. The monoisotopic (exact) mass is 709 g/mol. The molecule has 0 aliphatic rings. The molecule has 0 aromatic heterocycles. The van der Waals surface area contributed by atoms with Gasteiger partial charge in [0.1, 0.15) is 43.7 Å². The molecule has 0 saturated carbocycles. The van der Waals surface area contributed by atoms with Crippen LogP contribution in [0.15, 0.2) is 0 Å². The molecule has 0 rings (SSSR count). The highest BCUT2D eigenvalue weighted by molar-refractivity contribution is 5.82. The number of carbonyl (C=O) groups is 4. The lowest BCUT2D eigenvalue weighted by atomic mass is 9.65. The van der Waals surface area contributed by atoms with Crippen molar-refractivity contribution in [1.82, 2.24) is 16.0 Å². The van der Waals surface area contributed by atoms with Crippen LogP contribution in [0.3, 0.4) is 0 Å². The molecule has 0 aliphatic heterocycles. The molecule has 5 atom stereocenters. The minimum absolute atomic E-state index is 0.0719. The van der Waals surface area contributed by atoms with Crippen molar-refractivity contribution in [3.8, 4) is 0 Å². The van der Waals surface area contributed by atoms with Crippen LogP contribution in [0.1, 0.15) is 74.7 Å². The van der Waals surface area contributed by atoms with Crippen molar-refractivity contribution in [2.75, 3.05) is 72.9 Å². The van der Waals surface area contributed by atoms with Gasteiger partial charge in [-0.3, -0.25) is 14.4 Å². The van der Waals surface area contributed by atoms with Crippen LogP contribution in [0.25, 0.3) is 0 Å². The number of amides is 1. The highest BCUT2D eigenvalue weighted by atomic mass is 16.6. The second kappa shape index (κ2) is 22.3. The van der Waals surface area contributed by atoms with Crippen molar-refractivity contribution in [2.45, 2.75) is 98.6 Å². The van der Waals surface area contributed by atoms with Crippen LogP contribution in [-0.4, -0.2) is 141 Å². The first-order chi connectivity index (χ1) is 22.6. The Morgan fingerprint density at radius 3 is 1.73 bits per heavy atom. The third-order valence-electron chi connectivity index (χ3n) is 7.52. The van der Waals surface area contributed by atoms with E-state index in [1.807, 2.05) is 0 Å². The van der Waals surface area contributed by atoms with Crippen molar-refractivity contribution in [3.63, 3.8) is 0 Å². The van der Waals surface area contributed by atoms with Crippen LogP contribution in [0.4, 0.5) is 4.79 Å². The molecule has 0 saturated heterocycles. The summed E-state index contributed by atoms with van der Waals surface area (Å²) in [5.74, 6) is -2.13. The number of hydrogen-bond acceptors (Lipinski definition) is 15. The van der Waals surface area contributed by atoms with Gasteiger partial charge in [0.25, 0.3) is 0 Å². The van der Waals surface area contributed by atoms with Crippen LogP contribution >= 0.6 is 0 Å². The molecule has 16 nitrogen and oxygen atoms in total. The predicted octanol–water partition coefficient (Wildman–Crippen LogP) is 0.270. The summed E-state index contributed by atoms with van der Waals surface area (Å²) in [5, 5.41) is 47.6. The van der Waals surface area contributed by atoms with Crippen molar-refractivity contribution in [1.29, 1.82) is 0 Å². The maximum absolute atomic E-state index is 13.7. The van der Waals surface area contributed by atoms with Gasteiger partial charge < -0.3 is 60.1 Å². The topological polar surface area (TPSA) is 231 Å². The number of alkyl carbamates (subject to hydrolysis) is 1. The summed E-state index contributed by atoms with van der Waals surface area (Å²) in [7, 11) is 1.65. The summed E-state index contributed by atoms with van der Waals surface area (Å²) in [6.45, 7) is 13.1. The largest absolute Gasteiger partial charge is 0.462 e. The Morgan fingerprint density at radius 1 is 0.694 bits per heavy atom. The Morgan fingerprint density at radius 2 is 1.20 bits per heavy atom. The van der Waals surface area contributed by atoms with E-state index in [1.54, 1.807) is 62.4 Å². The van der Waals surface area contributed by atoms with E-state index in [0.717, 1.165) is 0 Å². The van der Waals surface area contributed by atoms with Crippen molar-refractivity contribution >= 4 is 24.0 Å². The van der Waals surface area contributed by atoms with Gasteiger partial charge in [-0.15, -0.1) is 0 Å². The molecular weight excluding hydrogens is 646 g/mol. The number of rotatable bonds is 25. The average molecular weight is 710 g/mol. The Labute approximate surface area is 290 Å². The fourth-order valence-electron chi connectivity index (χ4n) is 4.98. The molecule has 0 fully saturated rings. The smallest absolute Gasteiger partial charge is 0.407 e. The van der Waals surface area contributed by atoms with Crippen LogP contribution < -0.4 is 16.0 Å². The van der Waals surface area contributed by atoms with E-state index in [0.29, 0.717) is 13.2 Å². The van der Waals surface area contributed by atoms with Gasteiger partial charge in [-0.2, -0.15) is 0 Å². The lowest BCUT2D eigenvalue weighted by Crippen LogP contribution is -2.45. The predicted molar refractivity (Wildman–Crippen MR) is 179 cm³/mol. The standard InChI is InChI=1S/C33H63N3O13/c1-10-32(7,27(42)47-18-23(38)15-34-9)22-33(8,21-31(5,6)26(41)46-20-25(40)17-37)28(43)48-19-24(39)16-35-11-13-45-14-12-36-29(44)49-30(2,3)4/h23-25,34-35,37-40H,10-22H2,1-9H3,(H,36,44). The molecule has 0 aliphatic carbocycles. The first kappa shape index (κ1) is 46.4. The summed E-state index contributed by atoms with van der Waals surface area (Å²) in [4.78, 5) is 51.6. The Hall–Kier alpha value is -2.60. The lowest BCUT2D eigenvalue weighted by molar-refractivity contribution is -0.172. The van der Waals surface area contributed by atoms with Crippen LogP contribution in [-0.2, 0) is 38.1 Å². The van der Waals surface area contributed by atoms with E-state index in [2.05, 4.69) is 16.0 Å². The van der Waals surface area contributed by atoms with E-state index in [4.69, 9.17) is 28.8 Å². The molecular formula is C33H63N3O13. The van der Waals surface area contributed by atoms with E-state index in [1.165, 1.54) is 0 Å². The molecule has 16 heteroatoms. The second-order valence-corrected chi connectivity index (χ2v) is 14.5. The Kier molecular flexibility index (Phi) is 21.1. The maximum Gasteiger partial charge on any atom is 0.407 e. The minimum Gasteiger partial charge on any atom is -0.462 e. The summed E-state index contributed by atoms with van der Waals surface area (Å²) < 4.78 is 26.7. The highest BCUT2D eigenvalue weighted by Gasteiger charge is 2.50. The van der Waals surface area contributed by atoms with Crippen molar-refractivity contribution in [3.05, 3.63) is 0 Å². The SMILES string of the molecule is CCC(C)(CC(C)(CC(C)(C)C(=O)OCC(O)CO)C(=O)OCC(O)CNCCOCCNC(=O)OC(C)(C)C)C(=O)OCC(O)CNC. The fourth-order valence-corrected chi connectivity index (χ4v) is 4.98. The quantitative estimate of drug-likeness (QED) is 0.0383. The van der Waals surface area contributed by atoms with Gasteiger partial charge >= 0.3 is 24.0 Å². The number of hydrogen-bond donors (Lipinski definition) is 7. The van der Waals surface area contributed by atoms with E-state index >= 15 is 0 Å². The van der Waals surface area contributed by atoms with Gasteiger partial charge in [-0.1, -0.05) is 6.92 Å². The van der Waals surface area contributed by atoms with E-state index < -0.39 is 77.4 Å². The van der Waals surface area contributed by atoms with Gasteiger partial charge in [-0.25, -0.2) is 4.79 Å². The van der Waals surface area contributed by atoms with E-state index in [-0.39, 0.29) is 58.7 Å². The van der Waals surface area contributed by atoms with Gasteiger partial charge in [0.05, 0.1) is 36.1 Å². The third-order valence-corrected chi connectivity index (χ3v) is 7.52. The first-order valence-corrected chi connectivity index (χ1v) is 16.7. The van der Waals surface area contributed by atoms with Crippen LogP contribution in [0.2, 0.25) is 0 Å². The molecule has 288 valence electrons. The van der Waals surface area contributed by atoms with Crippen molar-refractivity contribution in [2.24, 2.45) is 16.2 Å². The molecule has 0 heterocycles. The number of aliphatic hydroxyl groups is 4. The van der Waals surface area contributed by atoms with Gasteiger partial charge in [-0.05, 0) is 74.8 Å². The fraction of sp³-hybridized carbons (Fsp3) is 0.879. The number of esters is 3. The lowest BCUT2D eigenvalue weighted by Gasteiger charge is -2.39.